The Morgan fingerprint density at radius 1 is 0.920 bits per heavy atom. The van der Waals surface area contributed by atoms with Crippen LogP contribution in [-0.4, -0.2) is 18.9 Å². The molecule has 25 heavy (non-hydrogen) atoms. The van der Waals surface area contributed by atoms with Crippen molar-refractivity contribution in [3.63, 3.8) is 0 Å². The average Bonchev–Trinajstić information content (AvgIpc) is 3.33. The maximum atomic E-state index is 13.4. The van der Waals surface area contributed by atoms with Gasteiger partial charge in [0.2, 0.25) is 11.8 Å². The third-order valence-corrected chi connectivity index (χ3v) is 6.82. The minimum absolute atomic E-state index is 0.00477. The first-order valence-electron chi connectivity index (χ1n) is 9.45. The molecule has 1 aromatic rings. The van der Waals surface area contributed by atoms with Crippen LogP contribution in [0.2, 0.25) is 0 Å². The number of anilines is 1. The average molecular weight is 337 g/mol. The maximum Gasteiger partial charge on any atom is 0.238 e. The van der Waals surface area contributed by atoms with Crippen LogP contribution in [0.15, 0.2) is 35.4 Å². The Morgan fingerprint density at radius 2 is 1.48 bits per heavy atom. The first-order chi connectivity index (χ1) is 12.2. The van der Waals surface area contributed by atoms with E-state index in [2.05, 4.69) is 0 Å². The van der Waals surface area contributed by atoms with Gasteiger partial charge in [0.05, 0.1) is 24.6 Å². The van der Waals surface area contributed by atoms with Gasteiger partial charge in [-0.2, -0.15) is 0 Å². The highest BCUT2D eigenvalue weighted by atomic mass is 16.5. The van der Waals surface area contributed by atoms with Gasteiger partial charge in [0.25, 0.3) is 0 Å². The summed E-state index contributed by atoms with van der Waals surface area (Å²) in [4.78, 5) is 28.2. The lowest BCUT2D eigenvalue weighted by Gasteiger charge is -2.34. The van der Waals surface area contributed by atoms with E-state index in [0.717, 1.165) is 38.5 Å². The van der Waals surface area contributed by atoms with Crippen LogP contribution in [0.4, 0.5) is 5.69 Å². The molecule has 0 bridgehead atoms. The number of carbonyl (C=O) groups is 2. The summed E-state index contributed by atoms with van der Waals surface area (Å²) in [6, 6.07) is 7.37. The number of amides is 2. The van der Waals surface area contributed by atoms with Crippen LogP contribution in [0, 0.1) is 23.7 Å². The van der Waals surface area contributed by atoms with Gasteiger partial charge in [-0.1, -0.05) is 23.3 Å². The third kappa shape index (κ3) is 1.94. The number of rotatable bonds is 2. The second-order valence-corrected chi connectivity index (χ2v) is 7.78. The number of nitrogens with zero attached hydrogens (tertiary/aromatic N) is 1. The lowest BCUT2D eigenvalue weighted by Crippen LogP contribution is -2.35. The van der Waals surface area contributed by atoms with Crippen molar-refractivity contribution < 1.29 is 14.3 Å². The molecule has 2 amide bonds. The fraction of sp³-hybridized carbons (Fsp3) is 0.524. The fourth-order valence-electron chi connectivity index (χ4n) is 5.94. The number of para-hydroxylation sites is 2. The molecule has 2 saturated carbocycles. The minimum atomic E-state index is -0.151. The fourth-order valence-corrected chi connectivity index (χ4v) is 5.94. The molecule has 0 spiro atoms. The first kappa shape index (κ1) is 15.2. The maximum absolute atomic E-state index is 13.4. The lowest BCUT2D eigenvalue weighted by atomic mass is 9.66. The van der Waals surface area contributed by atoms with Crippen LogP contribution in [0.1, 0.15) is 38.5 Å². The zero-order valence-corrected chi connectivity index (χ0v) is 14.5. The van der Waals surface area contributed by atoms with Crippen LogP contribution < -0.4 is 9.64 Å². The van der Waals surface area contributed by atoms with Gasteiger partial charge in [-0.05, 0) is 62.5 Å². The molecule has 0 unspecified atom stereocenters. The van der Waals surface area contributed by atoms with Gasteiger partial charge in [0.1, 0.15) is 5.75 Å². The summed E-state index contributed by atoms with van der Waals surface area (Å²) in [6.45, 7) is 0. The summed E-state index contributed by atoms with van der Waals surface area (Å²) >= 11 is 0. The molecular weight excluding hydrogens is 314 g/mol. The van der Waals surface area contributed by atoms with Crippen molar-refractivity contribution in [1.29, 1.82) is 0 Å². The third-order valence-electron chi connectivity index (χ3n) is 6.82. The van der Waals surface area contributed by atoms with Crippen LogP contribution in [0.3, 0.4) is 0 Å². The minimum Gasteiger partial charge on any atom is -0.495 e. The van der Waals surface area contributed by atoms with Crippen molar-refractivity contribution in [3.05, 3.63) is 35.4 Å². The van der Waals surface area contributed by atoms with E-state index >= 15 is 0 Å². The largest absolute Gasteiger partial charge is 0.495 e. The van der Waals surface area contributed by atoms with Gasteiger partial charge < -0.3 is 4.74 Å². The second kappa shape index (κ2) is 5.45. The molecule has 4 heteroatoms. The van der Waals surface area contributed by atoms with E-state index in [-0.39, 0.29) is 23.7 Å². The normalized spacial score (nSPS) is 33.6. The van der Waals surface area contributed by atoms with Crippen LogP contribution in [0.25, 0.3) is 0 Å². The number of imide groups is 1. The van der Waals surface area contributed by atoms with E-state index in [4.69, 9.17) is 4.74 Å². The van der Waals surface area contributed by atoms with E-state index in [1.807, 2.05) is 24.3 Å². The molecule has 5 rings (SSSR count). The highest BCUT2D eigenvalue weighted by Gasteiger charge is 2.59. The highest BCUT2D eigenvalue weighted by Crippen LogP contribution is 2.58. The summed E-state index contributed by atoms with van der Waals surface area (Å²) in [5.74, 6) is 0.873. The predicted octanol–water partition coefficient (Wildman–Crippen LogP) is 3.71. The highest BCUT2D eigenvalue weighted by molar-refractivity contribution is 6.23. The summed E-state index contributed by atoms with van der Waals surface area (Å²) in [5, 5.41) is 0. The molecule has 3 fully saturated rings. The van der Waals surface area contributed by atoms with Crippen molar-refractivity contribution in [1.82, 2.24) is 0 Å². The summed E-state index contributed by atoms with van der Waals surface area (Å²) < 4.78 is 5.42. The van der Waals surface area contributed by atoms with Crippen LogP contribution in [0.5, 0.6) is 5.75 Å². The molecule has 1 saturated heterocycles. The number of methoxy groups -OCH3 is 1. The molecule has 1 aliphatic heterocycles. The summed E-state index contributed by atoms with van der Waals surface area (Å²) in [7, 11) is 1.59. The van der Waals surface area contributed by atoms with E-state index in [1.165, 1.54) is 16.0 Å². The van der Waals surface area contributed by atoms with E-state index in [9.17, 15) is 9.59 Å². The van der Waals surface area contributed by atoms with Gasteiger partial charge in [-0.15, -0.1) is 0 Å². The molecule has 4 atom stereocenters. The molecule has 0 radical (unpaired) electrons. The Bertz CT molecular complexity index is 754. The Morgan fingerprint density at radius 3 is 2.04 bits per heavy atom. The van der Waals surface area contributed by atoms with Crippen molar-refractivity contribution in [3.8, 4) is 5.75 Å². The zero-order chi connectivity index (χ0) is 17.1. The molecule has 0 aromatic heterocycles. The van der Waals surface area contributed by atoms with Crippen molar-refractivity contribution in [2.45, 2.75) is 38.5 Å². The van der Waals surface area contributed by atoms with E-state index < -0.39 is 0 Å². The SMILES string of the molecule is COc1ccccc1N1C(=O)[C@@H]2[C@H](C1=O)[C@H]1CCCC1=C1CCC[C@@H]12. The number of fused-ring (bicyclic) bond motifs is 5. The number of allylic oxidation sites excluding steroid dienone is 2. The van der Waals surface area contributed by atoms with Gasteiger partial charge in [0.15, 0.2) is 0 Å². The number of hydrogen-bond acceptors (Lipinski definition) is 3. The van der Waals surface area contributed by atoms with Crippen molar-refractivity contribution >= 4 is 17.5 Å². The number of benzene rings is 1. The Kier molecular flexibility index (Phi) is 3.31. The summed E-state index contributed by atoms with van der Waals surface area (Å²) in [5.41, 5.74) is 3.67. The van der Waals surface area contributed by atoms with Crippen LogP contribution in [-0.2, 0) is 9.59 Å². The quantitative estimate of drug-likeness (QED) is 0.610. The monoisotopic (exact) mass is 337 g/mol. The summed E-state index contributed by atoms with van der Waals surface area (Å²) in [6.07, 6.45) is 6.72. The van der Waals surface area contributed by atoms with Crippen molar-refractivity contribution in [2.24, 2.45) is 23.7 Å². The molecule has 3 aliphatic carbocycles. The van der Waals surface area contributed by atoms with E-state index in [0.29, 0.717) is 23.3 Å². The standard InChI is InChI=1S/C21H23NO3/c1-25-17-11-3-2-10-16(17)22-20(23)18-14-8-4-6-12(14)13-7-5-9-15(13)19(18)21(22)24/h2-3,10-11,14-15,18-19H,4-9H2,1H3/t14-,15-,18-,19+/m0/s1. The smallest absolute Gasteiger partial charge is 0.238 e. The van der Waals surface area contributed by atoms with Gasteiger partial charge >= 0.3 is 0 Å². The molecule has 4 nitrogen and oxygen atoms in total. The molecule has 0 N–H and O–H groups in total. The van der Waals surface area contributed by atoms with Gasteiger partial charge in [-0.25, -0.2) is 4.90 Å². The number of ether oxygens (including phenoxy) is 1. The predicted molar refractivity (Wildman–Crippen MR) is 94.2 cm³/mol. The second-order valence-electron chi connectivity index (χ2n) is 7.78. The molecule has 4 aliphatic rings. The van der Waals surface area contributed by atoms with Gasteiger partial charge in [0, 0.05) is 0 Å². The Balaban J connectivity index is 1.62. The van der Waals surface area contributed by atoms with Gasteiger partial charge in [-0.3, -0.25) is 9.59 Å². The number of hydrogen-bond donors (Lipinski definition) is 0. The molecule has 1 aromatic carbocycles. The van der Waals surface area contributed by atoms with Crippen molar-refractivity contribution in [2.75, 3.05) is 12.0 Å². The molecule has 130 valence electrons. The topological polar surface area (TPSA) is 46.6 Å². The molecule has 1 heterocycles. The lowest BCUT2D eigenvalue weighted by molar-refractivity contribution is -0.122. The van der Waals surface area contributed by atoms with E-state index in [1.54, 1.807) is 7.11 Å². The number of carbonyl (C=O) groups excluding carboxylic acids is 2. The zero-order valence-electron chi connectivity index (χ0n) is 14.5. The first-order valence-corrected chi connectivity index (χ1v) is 9.45. The Hall–Kier alpha value is -2.10. The Labute approximate surface area is 147 Å². The van der Waals surface area contributed by atoms with Crippen LogP contribution >= 0.6 is 0 Å². The molecular formula is C21H23NO3.